The number of para-hydroxylation sites is 1. The molecule has 9 rings (SSSR count). The van der Waals surface area contributed by atoms with Gasteiger partial charge in [-0.25, -0.2) is 4.98 Å². The first kappa shape index (κ1) is 31.3. The van der Waals surface area contributed by atoms with Crippen molar-refractivity contribution in [3.8, 4) is 22.6 Å². The Bertz CT molecular complexity index is 2200. The topological polar surface area (TPSA) is 47.0 Å². The first-order valence-corrected chi connectivity index (χ1v) is 16.4. The van der Waals surface area contributed by atoms with Crippen LogP contribution in [0.2, 0.25) is 0 Å². The number of aromatic nitrogens is 1. The number of fused-ring (bicyclic) bond motifs is 5. The van der Waals surface area contributed by atoms with E-state index in [1.807, 2.05) is 42.6 Å². The molecule has 242 valence electrons. The van der Waals surface area contributed by atoms with Crippen LogP contribution in [-0.4, -0.2) is 16.9 Å². The average molecular weight is 819 g/mol. The summed E-state index contributed by atoms with van der Waals surface area (Å²) >= 11 is 0. The van der Waals surface area contributed by atoms with Gasteiger partial charge in [0, 0.05) is 34.4 Å². The number of rotatable bonds is 5. The molecule has 2 atom stereocenters. The van der Waals surface area contributed by atoms with Gasteiger partial charge in [0.2, 0.25) is 0 Å². The maximum Gasteiger partial charge on any atom is 2.00 e. The number of pyridine rings is 1. The Morgan fingerprint density at radius 1 is 0.796 bits per heavy atom. The smallest absolute Gasteiger partial charge is 0.510 e. The van der Waals surface area contributed by atoms with Crippen LogP contribution in [0, 0.1) is 19.1 Å². The Labute approximate surface area is 301 Å². The van der Waals surface area contributed by atoms with Crippen molar-refractivity contribution < 1.29 is 30.5 Å². The first-order chi connectivity index (χ1) is 23.4. The number of hydrogen-bond donors (Lipinski definition) is 0. The maximum atomic E-state index is 6.65. The van der Waals surface area contributed by atoms with Crippen molar-refractivity contribution in [1.82, 2.24) is 4.98 Å². The molecule has 0 radical (unpaired) electrons. The van der Waals surface area contributed by atoms with Gasteiger partial charge in [0.25, 0.3) is 0 Å². The van der Waals surface area contributed by atoms with Crippen LogP contribution in [-0.2, 0) is 37.6 Å². The summed E-state index contributed by atoms with van der Waals surface area (Å²) in [6.45, 7) is 6.60. The average Bonchev–Trinajstić information content (AvgIpc) is 3.67. The maximum absolute atomic E-state index is 6.65. The fraction of sp³-hybridized carbons (Fsp3) is 0.163. The van der Waals surface area contributed by atoms with Gasteiger partial charge in [-0.05, 0) is 40.8 Å². The molecule has 0 saturated carbocycles. The van der Waals surface area contributed by atoms with E-state index in [0.717, 1.165) is 45.9 Å². The fourth-order valence-corrected chi connectivity index (χ4v) is 7.46. The third kappa shape index (κ3) is 5.37. The standard InChI is InChI=1S/C43H33N3O2.Pt/c1-27-20-32(46-39-18-10-9-16-36(39)43(2,3)37-17-11-19-44-41(37)46)26-33(21-27)47-34-23-30(28-12-5-4-6-13-28)22-31(24-34)42-45-38-25-29-14-7-8-15-35(29)40(38)48-42;/h4-23,38,40H,25H2,1-3H3;/q-2;+2/t38-,40+;/m1./s1. The molecule has 2 aliphatic heterocycles. The Balaban J connectivity index is 0.00000348. The zero-order valence-corrected chi connectivity index (χ0v) is 29.7. The molecule has 0 bridgehead atoms. The van der Waals surface area contributed by atoms with Crippen LogP contribution in [0.3, 0.4) is 0 Å². The molecule has 0 amide bonds. The van der Waals surface area contributed by atoms with Crippen LogP contribution in [0.5, 0.6) is 11.5 Å². The van der Waals surface area contributed by atoms with E-state index < -0.39 is 0 Å². The minimum absolute atomic E-state index is 0. The van der Waals surface area contributed by atoms with E-state index in [1.165, 1.54) is 22.3 Å². The summed E-state index contributed by atoms with van der Waals surface area (Å²) in [5.74, 6) is 2.67. The Morgan fingerprint density at radius 3 is 2.43 bits per heavy atom. The second-order valence-electron chi connectivity index (χ2n) is 13.3. The normalized spacial score (nSPS) is 17.9. The summed E-state index contributed by atoms with van der Waals surface area (Å²) in [5.41, 5.74) is 10.6. The summed E-state index contributed by atoms with van der Waals surface area (Å²) in [5, 5.41) is 0. The molecule has 1 aliphatic carbocycles. The zero-order valence-electron chi connectivity index (χ0n) is 27.4. The molecule has 0 spiro atoms. The van der Waals surface area contributed by atoms with Gasteiger partial charge in [-0.1, -0.05) is 129 Å². The number of benzene rings is 5. The van der Waals surface area contributed by atoms with E-state index in [2.05, 4.69) is 117 Å². The van der Waals surface area contributed by atoms with Gasteiger partial charge in [0.15, 0.2) is 0 Å². The predicted octanol–water partition coefficient (Wildman–Crippen LogP) is 10.00. The summed E-state index contributed by atoms with van der Waals surface area (Å²) in [4.78, 5) is 12.1. The largest absolute Gasteiger partial charge is 2.00 e. The summed E-state index contributed by atoms with van der Waals surface area (Å²) < 4.78 is 13.2. The van der Waals surface area contributed by atoms with E-state index in [9.17, 15) is 0 Å². The molecule has 5 nitrogen and oxygen atoms in total. The van der Waals surface area contributed by atoms with Crippen LogP contribution >= 0.6 is 0 Å². The molecule has 0 saturated heterocycles. The molecule has 6 heteroatoms. The van der Waals surface area contributed by atoms with Crippen molar-refractivity contribution in [2.24, 2.45) is 4.99 Å². The molecular weight excluding hydrogens is 786 g/mol. The van der Waals surface area contributed by atoms with E-state index in [0.29, 0.717) is 17.4 Å². The molecule has 0 unspecified atom stereocenters. The van der Waals surface area contributed by atoms with Crippen molar-refractivity contribution in [2.75, 3.05) is 4.90 Å². The van der Waals surface area contributed by atoms with Crippen LogP contribution in [0.4, 0.5) is 17.2 Å². The molecule has 5 aromatic carbocycles. The molecule has 3 aliphatic rings. The molecule has 0 fully saturated rings. The fourth-order valence-electron chi connectivity index (χ4n) is 7.46. The Morgan fingerprint density at radius 2 is 1.55 bits per heavy atom. The third-order valence-corrected chi connectivity index (χ3v) is 9.77. The molecule has 0 N–H and O–H groups in total. The van der Waals surface area contributed by atoms with E-state index in [1.54, 1.807) is 0 Å². The van der Waals surface area contributed by atoms with Crippen molar-refractivity contribution in [3.05, 3.63) is 167 Å². The van der Waals surface area contributed by atoms with Gasteiger partial charge in [0.1, 0.15) is 17.8 Å². The molecule has 49 heavy (non-hydrogen) atoms. The molecular formula is C43H33N3O2Pt. The van der Waals surface area contributed by atoms with Crippen molar-refractivity contribution in [1.29, 1.82) is 0 Å². The second-order valence-corrected chi connectivity index (χ2v) is 13.3. The summed E-state index contributed by atoms with van der Waals surface area (Å²) in [6, 6.07) is 46.9. The van der Waals surface area contributed by atoms with Crippen molar-refractivity contribution in [3.63, 3.8) is 0 Å². The monoisotopic (exact) mass is 818 g/mol. The number of ether oxygens (including phenoxy) is 2. The Kier molecular flexibility index (Phi) is 7.76. The van der Waals surface area contributed by atoms with Gasteiger partial charge in [-0.3, -0.25) is 4.99 Å². The van der Waals surface area contributed by atoms with Crippen LogP contribution in [0.25, 0.3) is 11.1 Å². The third-order valence-electron chi connectivity index (χ3n) is 9.77. The van der Waals surface area contributed by atoms with Crippen LogP contribution < -0.4 is 9.64 Å². The summed E-state index contributed by atoms with van der Waals surface area (Å²) in [7, 11) is 0. The SMILES string of the molecule is Cc1cc(Oc2[c-]c(C3=N[C@@H]4Cc5ccccc5[C@@H]4O3)cc(-c3ccccc3)c2)[c-]c(N2c3ccccc3C(C)(C)c3cccnc32)c1.[Pt+2]. The minimum atomic E-state index is -0.200. The minimum Gasteiger partial charge on any atom is -0.510 e. The number of anilines is 3. The van der Waals surface area contributed by atoms with Crippen molar-refractivity contribution in [2.45, 2.75) is 44.8 Å². The number of aliphatic imine (C=N–C) groups is 1. The van der Waals surface area contributed by atoms with Gasteiger partial charge in [-0.15, -0.1) is 24.3 Å². The van der Waals surface area contributed by atoms with Gasteiger partial charge < -0.3 is 14.4 Å². The molecule has 1 aromatic heterocycles. The van der Waals surface area contributed by atoms with Gasteiger partial charge in [-0.2, -0.15) is 5.56 Å². The molecule has 6 aromatic rings. The van der Waals surface area contributed by atoms with Gasteiger partial charge >= 0.3 is 21.1 Å². The van der Waals surface area contributed by atoms with E-state index in [-0.39, 0.29) is 38.6 Å². The predicted molar refractivity (Wildman–Crippen MR) is 190 cm³/mol. The summed E-state index contributed by atoms with van der Waals surface area (Å²) in [6.07, 6.45) is 2.66. The van der Waals surface area contributed by atoms with Crippen LogP contribution in [0.1, 0.15) is 53.3 Å². The first-order valence-electron chi connectivity index (χ1n) is 16.4. The molecule has 3 heterocycles. The number of hydrogen-bond acceptors (Lipinski definition) is 5. The van der Waals surface area contributed by atoms with Crippen molar-refractivity contribution >= 4 is 23.1 Å². The van der Waals surface area contributed by atoms with E-state index in [4.69, 9.17) is 19.5 Å². The zero-order chi connectivity index (χ0) is 32.4. The quantitative estimate of drug-likeness (QED) is 0.163. The number of nitrogens with zero attached hydrogens (tertiary/aromatic N) is 3. The van der Waals surface area contributed by atoms with E-state index >= 15 is 0 Å². The number of aryl methyl sites for hydroxylation is 1. The van der Waals surface area contributed by atoms with Gasteiger partial charge in [0.05, 0.1) is 6.04 Å². The Hall–Kier alpha value is -4.99. The second kappa shape index (κ2) is 12.2. The van der Waals surface area contributed by atoms with Crippen LogP contribution in [0.15, 0.2) is 126 Å².